The number of fused-ring (bicyclic) bond motifs is 12. The van der Waals surface area contributed by atoms with Crippen molar-refractivity contribution in [3.8, 4) is 33.4 Å². The van der Waals surface area contributed by atoms with Gasteiger partial charge in [-0.3, -0.25) is 0 Å². The first-order valence-corrected chi connectivity index (χ1v) is 19.4. The molecule has 1 aliphatic rings. The first-order chi connectivity index (χ1) is 27.4. The molecule has 0 radical (unpaired) electrons. The van der Waals surface area contributed by atoms with E-state index in [4.69, 9.17) is 4.42 Å². The van der Waals surface area contributed by atoms with Crippen molar-refractivity contribution < 1.29 is 4.42 Å². The first kappa shape index (κ1) is 32.5. The predicted molar refractivity (Wildman–Crippen MR) is 241 cm³/mol. The third-order valence-corrected chi connectivity index (χ3v) is 12.3. The molecule has 9 aromatic carbocycles. The maximum absolute atomic E-state index is 6.39. The molecular formula is C55H38O. The standard InChI is InChI=1S/C55H38O/c1-5-6-15-33(2)50-39-18-9-11-20-41(39)52(42-21-12-10-19-40(42)50)43-29-28-36(37-16-7-8-17-38(37)43)35-25-30-47-46(32-35)44-27-24-34-26-31-49-53(51(34)54(44)55(47,3)4)45-22-13-14-23-48(45)56-49/h5-32H,1-2H2,3-4H3/b15-6-. The van der Waals surface area contributed by atoms with Crippen molar-refractivity contribution in [1.29, 1.82) is 0 Å². The molecular weight excluding hydrogens is 677 g/mol. The zero-order valence-corrected chi connectivity index (χ0v) is 31.5. The Morgan fingerprint density at radius 1 is 0.536 bits per heavy atom. The normalized spacial score (nSPS) is 13.4. The van der Waals surface area contributed by atoms with Crippen LogP contribution in [0.2, 0.25) is 0 Å². The van der Waals surface area contributed by atoms with Crippen molar-refractivity contribution >= 4 is 70.6 Å². The molecule has 1 aliphatic carbocycles. The lowest BCUT2D eigenvalue weighted by atomic mass is 9.79. The molecule has 264 valence electrons. The average Bonchev–Trinajstić information content (AvgIpc) is 3.73. The van der Waals surface area contributed by atoms with Crippen LogP contribution >= 0.6 is 0 Å². The van der Waals surface area contributed by atoms with E-state index in [1.165, 1.54) is 98.4 Å². The number of allylic oxidation sites excluding steroid dienone is 4. The highest BCUT2D eigenvalue weighted by Gasteiger charge is 2.38. The van der Waals surface area contributed by atoms with Gasteiger partial charge < -0.3 is 4.42 Å². The van der Waals surface area contributed by atoms with E-state index < -0.39 is 0 Å². The fraction of sp³-hybridized carbons (Fsp3) is 0.0545. The van der Waals surface area contributed by atoms with Gasteiger partial charge in [0.25, 0.3) is 0 Å². The van der Waals surface area contributed by atoms with Crippen LogP contribution in [-0.2, 0) is 5.41 Å². The quantitative estimate of drug-likeness (QED) is 0.128. The van der Waals surface area contributed by atoms with Crippen LogP contribution in [0.5, 0.6) is 0 Å². The highest BCUT2D eigenvalue weighted by Crippen LogP contribution is 2.54. The van der Waals surface area contributed by atoms with Crippen molar-refractivity contribution in [2.45, 2.75) is 19.3 Å². The molecule has 0 N–H and O–H groups in total. The second-order valence-corrected chi connectivity index (χ2v) is 15.7. The molecule has 0 aliphatic heterocycles. The van der Waals surface area contributed by atoms with Crippen molar-refractivity contribution in [3.05, 3.63) is 200 Å². The van der Waals surface area contributed by atoms with Gasteiger partial charge in [0.1, 0.15) is 11.2 Å². The number of hydrogen-bond acceptors (Lipinski definition) is 1. The molecule has 0 amide bonds. The summed E-state index contributed by atoms with van der Waals surface area (Å²) in [5, 5.41) is 12.2. The molecule has 11 rings (SSSR count). The van der Waals surface area contributed by atoms with E-state index in [1.807, 2.05) is 6.08 Å². The third-order valence-electron chi connectivity index (χ3n) is 12.3. The molecule has 0 saturated heterocycles. The van der Waals surface area contributed by atoms with Gasteiger partial charge in [0, 0.05) is 16.2 Å². The van der Waals surface area contributed by atoms with E-state index >= 15 is 0 Å². The molecule has 1 heteroatoms. The van der Waals surface area contributed by atoms with Crippen LogP contribution in [0.3, 0.4) is 0 Å². The number of hydrogen-bond donors (Lipinski definition) is 0. The van der Waals surface area contributed by atoms with Crippen molar-refractivity contribution in [1.82, 2.24) is 0 Å². The Kier molecular flexibility index (Phi) is 6.97. The number of benzene rings is 9. The van der Waals surface area contributed by atoms with Crippen LogP contribution in [0.4, 0.5) is 0 Å². The zero-order chi connectivity index (χ0) is 37.7. The number of rotatable bonds is 5. The summed E-state index contributed by atoms with van der Waals surface area (Å²) < 4.78 is 6.39. The Morgan fingerprint density at radius 2 is 1.12 bits per heavy atom. The van der Waals surface area contributed by atoms with Gasteiger partial charge in [-0.2, -0.15) is 0 Å². The van der Waals surface area contributed by atoms with E-state index in [-0.39, 0.29) is 5.41 Å². The van der Waals surface area contributed by atoms with Crippen LogP contribution in [0, 0.1) is 0 Å². The summed E-state index contributed by atoms with van der Waals surface area (Å²) in [6.45, 7) is 13.2. The van der Waals surface area contributed by atoms with Crippen LogP contribution < -0.4 is 0 Å². The van der Waals surface area contributed by atoms with Gasteiger partial charge in [-0.25, -0.2) is 0 Å². The lowest BCUT2D eigenvalue weighted by molar-refractivity contribution is 0.665. The van der Waals surface area contributed by atoms with Crippen molar-refractivity contribution in [2.24, 2.45) is 0 Å². The van der Waals surface area contributed by atoms with E-state index in [9.17, 15) is 0 Å². The van der Waals surface area contributed by atoms with Gasteiger partial charge in [0.15, 0.2) is 0 Å². The van der Waals surface area contributed by atoms with Crippen LogP contribution in [0.1, 0.15) is 30.5 Å². The topological polar surface area (TPSA) is 13.1 Å². The number of furan rings is 1. The SMILES string of the molecule is C=C/C=C\C(=C)c1c2ccccc2c(-c2ccc(-c3ccc4c(c3)-c3ccc5ccc6oc7ccccc7c6c5c3C4(C)C)c3ccccc23)c2ccccc12. The number of para-hydroxylation sites is 1. The van der Waals surface area contributed by atoms with Crippen LogP contribution in [0.25, 0.3) is 104 Å². The van der Waals surface area contributed by atoms with Gasteiger partial charge in [-0.1, -0.05) is 179 Å². The zero-order valence-electron chi connectivity index (χ0n) is 31.5. The highest BCUT2D eigenvalue weighted by molar-refractivity contribution is 6.24. The molecule has 0 spiro atoms. The molecule has 1 heterocycles. The Hall–Kier alpha value is -6.96. The van der Waals surface area contributed by atoms with Crippen LogP contribution in [-0.4, -0.2) is 0 Å². The first-order valence-electron chi connectivity index (χ1n) is 19.4. The summed E-state index contributed by atoms with van der Waals surface area (Å²) in [4.78, 5) is 0. The molecule has 10 aromatic rings. The summed E-state index contributed by atoms with van der Waals surface area (Å²) in [5.41, 5.74) is 14.1. The molecule has 56 heavy (non-hydrogen) atoms. The van der Waals surface area contributed by atoms with Gasteiger partial charge in [-0.05, 0) is 117 Å². The fourth-order valence-corrected chi connectivity index (χ4v) is 9.92. The van der Waals surface area contributed by atoms with Gasteiger partial charge in [-0.15, -0.1) is 0 Å². The Labute approximate surface area is 326 Å². The van der Waals surface area contributed by atoms with E-state index in [0.717, 1.165) is 22.3 Å². The molecule has 1 nitrogen and oxygen atoms in total. The predicted octanol–water partition coefficient (Wildman–Crippen LogP) is 15.6. The third kappa shape index (κ3) is 4.49. The van der Waals surface area contributed by atoms with Gasteiger partial charge in [0.05, 0.1) is 0 Å². The molecule has 0 atom stereocenters. The maximum Gasteiger partial charge on any atom is 0.136 e. The summed E-state index contributed by atoms with van der Waals surface area (Å²) in [6, 6.07) is 55.7. The van der Waals surface area contributed by atoms with Crippen molar-refractivity contribution in [2.75, 3.05) is 0 Å². The molecule has 0 fully saturated rings. The summed E-state index contributed by atoms with van der Waals surface area (Å²) in [7, 11) is 0. The van der Waals surface area contributed by atoms with E-state index in [0.29, 0.717) is 0 Å². The average molecular weight is 715 g/mol. The van der Waals surface area contributed by atoms with Crippen LogP contribution in [0.15, 0.2) is 187 Å². The minimum Gasteiger partial charge on any atom is -0.456 e. The van der Waals surface area contributed by atoms with E-state index in [1.54, 1.807) is 6.08 Å². The lowest BCUT2D eigenvalue weighted by Crippen LogP contribution is -2.15. The summed E-state index contributed by atoms with van der Waals surface area (Å²) >= 11 is 0. The lowest BCUT2D eigenvalue weighted by Gasteiger charge is -2.23. The smallest absolute Gasteiger partial charge is 0.136 e. The van der Waals surface area contributed by atoms with Crippen molar-refractivity contribution in [3.63, 3.8) is 0 Å². The molecule has 0 bridgehead atoms. The minimum absolute atomic E-state index is 0.192. The highest BCUT2D eigenvalue weighted by atomic mass is 16.3. The van der Waals surface area contributed by atoms with Gasteiger partial charge >= 0.3 is 0 Å². The second-order valence-electron chi connectivity index (χ2n) is 15.7. The summed E-state index contributed by atoms with van der Waals surface area (Å²) in [5.74, 6) is 0. The Morgan fingerprint density at radius 3 is 1.84 bits per heavy atom. The summed E-state index contributed by atoms with van der Waals surface area (Å²) in [6.07, 6.45) is 5.83. The van der Waals surface area contributed by atoms with Gasteiger partial charge in [0.2, 0.25) is 0 Å². The fourth-order valence-electron chi connectivity index (χ4n) is 9.92. The maximum atomic E-state index is 6.39. The molecule has 0 unspecified atom stereocenters. The molecule has 1 aromatic heterocycles. The second kappa shape index (κ2) is 12.0. The largest absolute Gasteiger partial charge is 0.456 e. The monoisotopic (exact) mass is 714 g/mol. The minimum atomic E-state index is -0.192. The molecule has 0 saturated carbocycles. The van der Waals surface area contributed by atoms with E-state index in [2.05, 4.69) is 185 Å². The Balaban J connectivity index is 1.13. The Bertz CT molecular complexity index is 3310.